The second kappa shape index (κ2) is 4.13. The molecular formula is C10H14ClN3. The minimum absolute atomic E-state index is 0.457. The van der Waals surface area contributed by atoms with E-state index < -0.39 is 0 Å². The number of nitrogens with zero attached hydrogens (tertiary/aromatic N) is 3. The van der Waals surface area contributed by atoms with Crippen LogP contribution in [0.25, 0.3) is 0 Å². The average Bonchev–Trinajstić information content (AvgIpc) is 2.19. The second-order valence-corrected chi connectivity index (χ2v) is 4.28. The van der Waals surface area contributed by atoms with Crippen LogP contribution in [-0.2, 0) is 0 Å². The van der Waals surface area contributed by atoms with Crippen molar-refractivity contribution in [2.24, 2.45) is 5.92 Å². The van der Waals surface area contributed by atoms with E-state index in [4.69, 9.17) is 11.6 Å². The maximum atomic E-state index is 5.69. The Morgan fingerprint density at radius 3 is 2.93 bits per heavy atom. The van der Waals surface area contributed by atoms with E-state index in [2.05, 4.69) is 21.8 Å². The molecule has 0 radical (unpaired) electrons. The Bertz CT molecular complexity index is 299. The Morgan fingerprint density at radius 1 is 1.43 bits per heavy atom. The van der Waals surface area contributed by atoms with Crippen molar-refractivity contribution in [3.8, 4) is 0 Å². The summed E-state index contributed by atoms with van der Waals surface area (Å²) in [7, 11) is 0. The van der Waals surface area contributed by atoms with Crippen LogP contribution in [0, 0.1) is 5.92 Å². The van der Waals surface area contributed by atoms with E-state index in [-0.39, 0.29) is 0 Å². The van der Waals surface area contributed by atoms with Crippen molar-refractivity contribution < 1.29 is 0 Å². The van der Waals surface area contributed by atoms with Crippen molar-refractivity contribution in [1.82, 2.24) is 9.97 Å². The summed E-state index contributed by atoms with van der Waals surface area (Å²) >= 11 is 5.69. The van der Waals surface area contributed by atoms with Gasteiger partial charge in [-0.3, -0.25) is 0 Å². The van der Waals surface area contributed by atoms with Gasteiger partial charge in [0.2, 0.25) is 0 Å². The highest BCUT2D eigenvalue weighted by atomic mass is 35.5. The number of aromatic nitrogens is 2. The second-order valence-electron chi connectivity index (χ2n) is 3.89. The summed E-state index contributed by atoms with van der Waals surface area (Å²) in [6, 6.07) is 0. The summed E-state index contributed by atoms with van der Waals surface area (Å²) in [5.41, 5.74) is 0. The first kappa shape index (κ1) is 9.71. The quantitative estimate of drug-likeness (QED) is 0.714. The van der Waals surface area contributed by atoms with Gasteiger partial charge in [0.1, 0.15) is 11.0 Å². The maximum Gasteiger partial charge on any atom is 0.147 e. The molecule has 0 N–H and O–H groups in total. The van der Waals surface area contributed by atoms with E-state index in [0.717, 1.165) is 24.8 Å². The molecule has 0 amide bonds. The van der Waals surface area contributed by atoms with Crippen molar-refractivity contribution in [3.63, 3.8) is 0 Å². The fourth-order valence-corrected chi connectivity index (χ4v) is 1.96. The van der Waals surface area contributed by atoms with Crippen LogP contribution in [0.3, 0.4) is 0 Å². The number of piperidine rings is 1. The summed E-state index contributed by atoms with van der Waals surface area (Å²) in [6.45, 7) is 4.44. The van der Waals surface area contributed by atoms with Crippen molar-refractivity contribution >= 4 is 17.4 Å². The molecule has 0 aromatic carbocycles. The lowest BCUT2D eigenvalue weighted by molar-refractivity contribution is 0.444. The van der Waals surface area contributed by atoms with Gasteiger partial charge in [-0.2, -0.15) is 0 Å². The van der Waals surface area contributed by atoms with Gasteiger partial charge in [0, 0.05) is 13.1 Å². The van der Waals surface area contributed by atoms with Crippen LogP contribution < -0.4 is 4.90 Å². The van der Waals surface area contributed by atoms with E-state index in [1.165, 1.54) is 12.8 Å². The Balaban J connectivity index is 2.10. The maximum absolute atomic E-state index is 5.69. The molecule has 1 atom stereocenters. The van der Waals surface area contributed by atoms with Gasteiger partial charge >= 0.3 is 0 Å². The normalized spacial score (nSPS) is 22.4. The van der Waals surface area contributed by atoms with Gasteiger partial charge in [-0.1, -0.05) is 18.5 Å². The van der Waals surface area contributed by atoms with E-state index in [9.17, 15) is 0 Å². The number of rotatable bonds is 1. The van der Waals surface area contributed by atoms with E-state index in [1.54, 1.807) is 12.4 Å². The van der Waals surface area contributed by atoms with Gasteiger partial charge in [0.05, 0.1) is 12.4 Å². The molecule has 1 saturated heterocycles. The Morgan fingerprint density at radius 2 is 2.29 bits per heavy atom. The van der Waals surface area contributed by atoms with Gasteiger partial charge in [0.15, 0.2) is 0 Å². The lowest BCUT2D eigenvalue weighted by Gasteiger charge is -2.31. The highest BCUT2D eigenvalue weighted by Gasteiger charge is 2.17. The molecule has 1 aromatic heterocycles. The number of halogens is 1. The van der Waals surface area contributed by atoms with E-state index in [0.29, 0.717) is 5.15 Å². The van der Waals surface area contributed by atoms with Gasteiger partial charge in [-0.25, -0.2) is 9.97 Å². The molecule has 0 aliphatic carbocycles. The van der Waals surface area contributed by atoms with Gasteiger partial charge in [-0.05, 0) is 18.8 Å². The smallest absolute Gasteiger partial charge is 0.147 e. The molecule has 4 heteroatoms. The highest BCUT2D eigenvalue weighted by molar-refractivity contribution is 6.29. The monoisotopic (exact) mass is 211 g/mol. The number of anilines is 1. The van der Waals surface area contributed by atoms with Crippen molar-refractivity contribution in [2.75, 3.05) is 18.0 Å². The third-order valence-corrected chi connectivity index (χ3v) is 2.78. The number of hydrogen-bond donors (Lipinski definition) is 0. The number of hydrogen-bond acceptors (Lipinski definition) is 3. The van der Waals surface area contributed by atoms with Crippen LogP contribution in [0.2, 0.25) is 5.15 Å². The lowest BCUT2D eigenvalue weighted by atomic mass is 10.0. The minimum atomic E-state index is 0.457. The predicted molar refractivity (Wildman–Crippen MR) is 57.7 cm³/mol. The zero-order valence-corrected chi connectivity index (χ0v) is 9.04. The van der Waals surface area contributed by atoms with Crippen LogP contribution in [-0.4, -0.2) is 23.1 Å². The van der Waals surface area contributed by atoms with Crippen LogP contribution in [0.1, 0.15) is 19.8 Å². The van der Waals surface area contributed by atoms with Crippen LogP contribution in [0.4, 0.5) is 5.82 Å². The molecule has 1 aliphatic heterocycles. The summed E-state index contributed by atoms with van der Waals surface area (Å²) in [4.78, 5) is 10.6. The topological polar surface area (TPSA) is 29.0 Å². The molecular weight excluding hydrogens is 198 g/mol. The van der Waals surface area contributed by atoms with Gasteiger partial charge in [-0.15, -0.1) is 0 Å². The highest BCUT2D eigenvalue weighted by Crippen LogP contribution is 2.20. The third-order valence-electron chi connectivity index (χ3n) is 2.59. The fourth-order valence-electron chi connectivity index (χ4n) is 1.87. The Kier molecular flexibility index (Phi) is 2.87. The van der Waals surface area contributed by atoms with Crippen molar-refractivity contribution in [3.05, 3.63) is 17.5 Å². The zero-order chi connectivity index (χ0) is 9.97. The molecule has 1 unspecified atom stereocenters. The fraction of sp³-hybridized carbons (Fsp3) is 0.600. The predicted octanol–water partition coefficient (Wildman–Crippen LogP) is 2.37. The van der Waals surface area contributed by atoms with Crippen LogP contribution in [0.5, 0.6) is 0 Å². The van der Waals surface area contributed by atoms with E-state index in [1.807, 2.05) is 0 Å². The Hall–Kier alpha value is -0.830. The standard InChI is InChI=1S/C10H14ClN3/c1-8-3-2-4-14(7-8)10-6-12-9(11)5-13-10/h5-6,8H,2-4,7H2,1H3. The minimum Gasteiger partial charge on any atom is -0.355 e. The Labute approximate surface area is 89.1 Å². The SMILES string of the molecule is CC1CCCN(c2cnc(Cl)cn2)C1. The molecule has 2 heterocycles. The molecule has 1 aliphatic rings. The largest absolute Gasteiger partial charge is 0.355 e. The lowest BCUT2D eigenvalue weighted by Crippen LogP contribution is -2.34. The molecule has 1 fully saturated rings. The first-order valence-corrected chi connectivity index (χ1v) is 5.36. The zero-order valence-electron chi connectivity index (χ0n) is 8.28. The first-order chi connectivity index (χ1) is 6.75. The van der Waals surface area contributed by atoms with Crippen molar-refractivity contribution in [1.29, 1.82) is 0 Å². The molecule has 76 valence electrons. The molecule has 0 saturated carbocycles. The van der Waals surface area contributed by atoms with Crippen LogP contribution >= 0.6 is 11.6 Å². The summed E-state index contributed by atoms with van der Waals surface area (Å²) < 4.78 is 0. The van der Waals surface area contributed by atoms with Gasteiger partial charge in [0.25, 0.3) is 0 Å². The first-order valence-electron chi connectivity index (χ1n) is 4.98. The summed E-state index contributed by atoms with van der Waals surface area (Å²) in [6.07, 6.45) is 5.92. The molecule has 14 heavy (non-hydrogen) atoms. The molecule has 2 rings (SSSR count). The summed E-state index contributed by atoms with van der Waals surface area (Å²) in [5, 5.41) is 0.457. The van der Waals surface area contributed by atoms with Crippen LogP contribution in [0.15, 0.2) is 12.4 Å². The molecule has 0 spiro atoms. The average molecular weight is 212 g/mol. The molecule has 0 bridgehead atoms. The van der Waals surface area contributed by atoms with E-state index >= 15 is 0 Å². The molecule has 1 aromatic rings. The molecule has 3 nitrogen and oxygen atoms in total. The third kappa shape index (κ3) is 2.15. The summed E-state index contributed by atoms with van der Waals surface area (Å²) in [5.74, 6) is 1.70. The van der Waals surface area contributed by atoms with Crippen molar-refractivity contribution in [2.45, 2.75) is 19.8 Å². The van der Waals surface area contributed by atoms with Gasteiger partial charge < -0.3 is 4.90 Å².